The van der Waals surface area contributed by atoms with Gasteiger partial charge in [-0.3, -0.25) is 4.72 Å². The monoisotopic (exact) mass is 282 g/mol. The van der Waals surface area contributed by atoms with Crippen molar-refractivity contribution in [2.45, 2.75) is 5.03 Å². The molecule has 1 aromatic carbocycles. The number of nitrogens with zero attached hydrogens (tertiary/aromatic N) is 2. The Morgan fingerprint density at radius 1 is 1.44 bits per heavy atom. The lowest BCUT2D eigenvalue weighted by atomic mass is 10.2. The minimum atomic E-state index is -3.78. The third-order valence-corrected chi connectivity index (χ3v) is 3.72. The van der Waals surface area contributed by atoms with Gasteiger partial charge in [-0.05, 0) is 18.2 Å². The Labute approximate surface area is 108 Å². The molecule has 0 atom stereocenters. The molecule has 18 heavy (non-hydrogen) atoms. The van der Waals surface area contributed by atoms with Gasteiger partial charge in [0.05, 0.1) is 34.9 Å². The Bertz CT molecular complexity index is 704. The summed E-state index contributed by atoms with van der Waals surface area (Å²) in [5.41, 5.74) is 0.451. The average Bonchev–Trinajstić information content (AvgIpc) is 2.86. The number of benzene rings is 1. The summed E-state index contributed by atoms with van der Waals surface area (Å²) >= 11 is 5.86. The quantitative estimate of drug-likeness (QED) is 0.895. The van der Waals surface area contributed by atoms with Crippen molar-refractivity contribution in [3.8, 4) is 6.07 Å². The molecule has 0 unspecified atom stereocenters. The number of halogens is 1. The van der Waals surface area contributed by atoms with Crippen molar-refractivity contribution in [3.63, 3.8) is 0 Å². The second-order valence-electron chi connectivity index (χ2n) is 3.33. The van der Waals surface area contributed by atoms with Crippen LogP contribution in [-0.4, -0.2) is 18.4 Å². The number of imidazole rings is 1. The third kappa shape index (κ3) is 2.45. The molecule has 0 radical (unpaired) electrons. The normalized spacial score (nSPS) is 10.9. The first kappa shape index (κ1) is 12.4. The van der Waals surface area contributed by atoms with Crippen LogP contribution in [0, 0.1) is 11.3 Å². The van der Waals surface area contributed by atoms with Crippen molar-refractivity contribution in [2.75, 3.05) is 4.72 Å². The first-order valence-electron chi connectivity index (χ1n) is 4.74. The van der Waals surface area contributed by atoms with E-state index in [1.807, 2.05) is 6.07 Å². The zero-order chi connectivity index (χ0) is 13.2. The van der Waals surface area contributed by atoms with E-state index >= 15 is 0 Å². The van der Waals surface area contributed by atoms with Gasteiger partial charge in [-0.25, -0.2) is 4.98 Å². The minimum absolute atomic E-state index is 0.0825. The lowest BCUT2D eigenvalue weighted by molar-refractivity contribution is 0.598. The highest BCUT2D eigenvalue weighted by atomic mass is 35.5. The molecule has 0 saturated heterocycles. The number of H-pyrrole nitrogens is 1. The van der Waals surface area contributed by atoms with Crippen LogP contribution in [0.25, 0.3) is 0 Å². The Balaban J connectivity index is 2.38. The van der Waals surface area contributed by atoms with Gasteiger partial charge in [0.25, 0.3) is 10.0 Å². The fourth-order valence-electron chi connectivity index (χ4n) is 1.26. The smallest absolute Gasteiger partial charge is 0.279 e. The molecule has 8 heteroatoms. The molecular formula is C10H7ClN4O2S. The van der Waals surface area contributed by atoms with Crippen LogP contribution in [-0.2, 0) is 10.0 Å². The Kier molecular flexibility index (Phi) is 3.23. The summed E-state index contributed by atoms with van der Waals surface area (Å²) in [7, 11) is -3.78. The molecule has 0 saturated carbocycles. The van der Waals surface area contributed by atoms with Gasteiger partial charge in [-0.15, -0.1) is 0 Å². The van der Waals surface area contributed by atoms with Crippen molar-refractivity contribution in [3.05, 3.63) is 41.3 Å². The molecule has 0 aliphatic rings. The highest BCUT2D eigenvalue weighted by molar-refractivity contribution is 7.92. The lowest BCUT2D eigenvalue weighted by Gasteiger charge is -2.08. The summed E-state index contributed by atoms with van der Waals surface area (Å²) < 4.78 is 26.1. The molecule has 92 valence electrons. The maximum atomic E-state index is 11.9. The van der Waals surface area contributed by atoms with Crippen molar-refractivity contribution >= 4 is 27.3 Å². The first-order chi connectivity index (χ1) is 8.53. The van der Waals surface area contributed by atoms with Crippen molar-refractivity contribution in [1.82, 2.24) is 9.97 Å². The van der Waals surface area contributed by atoms with Crippen LogP contribution in [0.4, 0.5) is 5.69 Å². The number of nitriles is 1. The Hall–Kier alpha value is -2.04. The van der Waals surface area contributed by atoms with Crippen molar-refractivity contribution in [2.24, 2.45) is 0 Å². The molecule has 1 heterocycles. The average molecular weight is 283 g/mol. The predicted octanol–water partition coefficient (Wildman–Crippen LogP) is 1.74. The van der Waals surface area contributed by atoms with Gasteiger partial charge in [-0.1, -0.05) is 11.6 Å². The van der Waals surface area contributed by atoms with Crippen LogP contribution >= 0.6 is 11.6 Å². The molecule has 2 N–H and O–H groups in total. The number of anilines is 1. The van der Waals surface area contributed by atoms with E-state index in [1.54, 1.807) is 0 Å². The summed E-state index contributed by atoms with van der Waals surface area (Å²) in [6, 6.07) is 6.20. The van der Waals surface area contributed by atoms with E-state index in [2.05, 4.69) is 14.7 Å². The van der Waals surface area contributed by atoms with E-state index < -0.39 is 10.0 Å². The van der Waals surface area contributed by atoms with E-state index in [0.717, 1.165) is 0 Å². The summed E-state index contributed by atoms with van der Waals surface area (Å²) in [6.45, 7) is 0. The minimum Gasteiger partial charge on any atom is -0.334 e. The number of sulfonamides is 1. The van der Waals surface area contributed by atoms with Crippen molar-refractivity contribution in [1.29, 1.82) is 5.26 Å². The second kappa shape index (κ2) is 4.68. The molecular weight excluding hydrogens is 276 g/mol. The third-order valence-electron chi connectivity index (χ3n) is 2.10. The number of hydrogen-bond donors (Lipinski definition) is 2. The topological polar surface area (TPSA) is 98.6 Å². The number of hydrogen-bond acceptors (Lipinski definition) is 4. The molecule has 0 bridgehead atoms. The van der Waals surface area contributed by atoms with E-state index in [9.17, 15) is 8.42 Å². The Morgan fingerprint density at radius 2 is 2.22 bits per heavy atom. The van der Waals surface area contributed by atoms with Gasteiger partial charge >= 0.3 is 0 Å². The highest BCUT2D eigenvalue weighted by Gasteiger charge is 2.17. The zero-order valence-electron chi connectivity index (χ0n) is 8.88. The van der Waals surface area contributed by atoms with Gasteiger partial charge in [0.15, 0.2) is 5.03 Å². The summed E-state index contributed by atoms with van der Waals surface area (Å²) in [5, 5.41) is 8.87. The van der Waals surface area contributed by atoms with E-state index in [0.29, 0.717) is 5.56 Å². The fraction of sp³-hybridized carbons (Fsp3) is 0. The van der Waals surface area contributed by atoms with Gasteiger partial charge in [0.1, 0.15) is 0 Å². The van der Waals surface area contributed by atoms with Crippen LogP contribution in [0.3, 0.4) is 0 Å². The largest absolute Gasteiger partial charge is 0.334 e. The highest BCUT2D eigenvalue weighted by Crippen LogP contribution is 2.25. The molecule has 0 aliphatic carbocycles. The van der Waals surface area contributed by atoms with Crippen LogP contribution < -0.4 is 4.72 Å². The van der Waals surface area contributed by atoms with Crippen LogP contribution in [0.1, 0.15) is 5.56 Å². The lowest BCUT2D eigenvalue weighted by Crippen LogP contribution is -2.13. The molecule has 6 nitrogen and oxygen atoms in total. The summed E-state index contributed by atoms with van der Waals surface area (Å²) in [6.07, 6.45) is 2.42. The molecule has 0 aliphatic heterocycles. The van der Waals surface area contributed by atoms with Crippen LogP contribution in [0.5, 0.6) is 0 Å². The number of rotatable bonds is 3. The standard InChI is InChI=1S/C10H7ClN4O2S/c11-8-2-1-7(4-12)3-9(8)15-18(16,17)10-5-13-6-14-10/h1-3,5-6,15H,(H,13,14). The van der Waals surface area contributed by atoms with Crippen molar-refractivity contribution < 1.29 is 8.42 Å². The summed E-state index contributed by atoms with van der Waals surface area (Å²) in [5.74, 6) is 0. The molecule has 0 amide bonds. The second-order valence-corrected chi connectivity index (χ2v) is 5.39. The molecule has 1 aromatic heterocycles. The summed E-state index contributed by atoms with van der Waals surface area (Å²) in [4.78, 5) is 6.10. The van der Waals surface area contributed by atoms with E-state index in [1.165, 1.54) is 30.7 Å². The molecule has 2 aromatic rings. The van der Waals surface area contributed by atoms with Gasteiger partial charge in [-0.2, -0.15) is 13.7 Å². The van der Waals surface area contributed by atoms with E-state index in [4.69, 9.17) is 16.9 Å². The molecule has 0 fully saturated rings. The van der Waals surface area contributed by atoms with Gasteiger partial charge in [0.2, 0.25) is 0 Å². The van der Waals surface area contributed by atoms with Gasteiger partial charge < -0.3 is 4.98 Å². The van der Waals surface area contributed by atoms with Crippen LogP contribution in [0.2, 0.25) is 5.02 Å². The van der Waals surface area contributed by atoms with Crippen LogP contribution in [0.15, 0.2) is 35.7 Å². The maximum Gasteiger partial charge on any atom is 0.279 e. The molecule has 2 rings (SSSR count). The molecule has 0 spiro atoms. The zero-order valence-corrected chi connectivity index (χ0v) is 10.5. The van der Waals surface area contributed by atoms with E-state index in [-0.39, 0.29) is 15.7 Å². The first-order valence-corrected chi connectivity index (χ1v) is 6.60. The Morgan fingerprint density at radius 3 is 2.83 bits per heavy atom. The number of aromatic nitrogens is 2. The maximum absolute atomic E-state index is 11.9. The predicted molar refractivity (Wildman–Crippen MR) is 65.6 cm³/mol. The van der Waals surface area contributed by atoms with Gasteiger partial charge in [0, 0.05) is 0 Å². The number of aromatic amines is 1. The number of nitrogens with one attached hydrogen (secondary N) is 2. The fourth-order valence-corrected chi connectivity index (χ4v) is 2.46. The SMILES string of the molecule is N#Cc1ccc(Cl)c(NS(=O)(=O)c2cnc[nH]2)c1.